The maximum atomic E-state index is 11.8. The van der Waals surface area contributed by atoms with Crippen molar-refractivity contribution in [1.82, 2.24) is 5.32 Å². The molecule has 0 aromatic heterocycles. The molecule has 1 atom stereocenters. The van der Waals surface area contributed by atoms with E-state index in [2.05, 4.69) is 21.2 Å². The molecule has 1 rings (SSSR count). The predicted octanol–water partition coefficient (Wildman–Crippen LogP) is 1.36. The summed E-state index contributed by atoms with van der Waals surface area (Å²) in [6.45, 7) is 3.43. The standard InChI is InChI=1S/C11H13BrN2O2/c1-6-4-3-5-8(9(6)12)11(16)14-7(2)10(13)15/h3-5,7H,1-2H3,(H2,13,15)(H,14,16). The average molecular weight is 285 g/mol. The summed E-state index contributed by atoms with van der Waals surface area (Å²) in [5.74, 6) is -0.876. The highest BCUT2D eigenvalue weighted by Crippen LogP contribution is 2.20. The van der Waals surface area contributed by atoms with Crippen LogP contribution in [0.5, 0.6) is 0 Å². The average Bonchev–Trinajstić information content (AvgIpc) is 2.21. The number of rotatable bonds is 3. The Kier molecular flexibility index (Phi) is 4.06. The van der Waals surface area contributed by atoms with E-state index in [-0.39, 0.29) is 5.91 Å². The Morgan fingerprint density at radius 2 is 2.06 bits per heavy atom. The fourth-order valence-electron chi connectivity index (χ4n) is 1.17. The van der Waals surface area contributed by atoms with Crippen molar-refractivity contribution in [3.05, 3.63) is 33.8 Å². The van der Waals surface area contributed by atoms with E-state index >= 15 is 0 Å². The maximum absolute atomic E-state index is 11.8. The van der Waals surface area contributed by atoms with Crippen LogP contribution in [0.2, 0.25) is 0 Å². The normalized spacial score (nSPS) is 11.9. The third-order valence-corrected chi connectivity index (χ3v) is 3.26. The van der Waals surface area contributed by atoms with Gasteiger partial charge in [0, 0.05) is 4.47 Å². The topological polar surface area (TPSA) is 72.2 Å². The van der Waals surface area contributed by atoms with Crippen LogP contribution in [0.25, 0.3) is 0 Å². The van der Waals surface area contributed by atoms with Crippen LogP contribution in [0.3, 0.4) is 0 Å². The second-order valence-electron chi connectivity index (χ2n) is 3.53. The van der Waals surface area contributed by atoms with Crippen molar-refractivity contribution in [2.75, 3.05) is 0 Å². The van der Waals surface area contributed by atoms with Crippen molar-refractivity contribution in [1.29, 1.82) is 0 Å². The lowest BCUT2D eigenvalue weighted by Gasteiger charge is -2.11. The van der Waals surface area contributed by atoms with Crippen molar-refractivity contribution in [3.8, 4) is 0 Å². The molecule has 16 heavy (non-hydrogen) atoms. The fourth-order valence-corrected chi connectivity index (χ4v) is 1.61. The number of carbonyl (C=O) groups is 2. The largest absolute Gasteiger partial charge is 0.368 e. The first-order chi connectivity index (χ1) is 7.43. The third kappa shape index (κ3) is 2.82. The summed E-state index contributed by atoms with van der Waals surface area (Å²) in [6, 6.07) is 4.67. The minimum Gasteiger partial charge on any atom is -0.368 e. The summed E-state index contributed by atoms with van der Waals surface area (Å²) in [5, 5.41) is 2.52. The van der Waals surface area contributed by atoms with Gasteiger partial charge in [0.1, 0.15) is 6.04 Å². The van der Waals surface area contributed by atoms with Gasteiger partial charge in [0.2, 0.25) is 5.91 Å². The quantitative estimate of drug-likeness (QED) is 0.880. The zero-order valence-corrected chi connectivity index (χ0v) is 10.7. The molecule has 3 N–H and O–H groups in total. The predicted molar refractivity (Wildman–Crippen MR) is 65.0 cm³/mol. The number of amides is 2. The molecule has 5 heteroatoms. The monoisotopic (exact) mass is 284 g/mol. The third-order valence-electron chi connectivity index (χ3n) is 2.21. The molecule has 0 radical (unpaired) electrons. The summed E-state index contributed by atoms with van der Waals surface area (Å²) in [4.78, 5) is 22.6. The summed E-state index contributed by atoms with van der Waals surface area (Å²) in [5.41, 5.74) is 6.52. The van der Waals surface area contributed by atoms with Gasteiger partial charge in [0.25, 0.3) is 5.91 Å². The van der Waals surface area contributed by atoms with Crippen LogP contribution >= 0.6 is 15.9 Å². The van der Waals surface area contributed by atoms with Crippen molar-refractivity contribution in [2.45, 2.75) is 19.9 Å². The highest BCUT2D eigenvalue weighted by atomic mass is 79.9. The molecule has 0 fully saturated rings. The maximum Gasteiger partial charge on any atom is 0.253 e. The van der Waals surface area contributed by atoms with Gasteiger partial charge in [-0.05, 0) is 41.4 Å². The number of nitrogens with two attached hydrogens (primary N) is 1. The number of hydrogen-bond acceptors (Lipinski definition) is 2. The van der Waals surface area contributed by atoms with Gasteiger partial charge in [0.15, 0.2) is 0 Å². The van der Waals surface area contributed by atoms with Crippen molar-refractivity contribution in [3.63, 3.8) is 0 Å². The minimum atomic E-state index is -0.681. The Morgan fingerprint density at radius 1 is 1.44 bits per heavy atom. The van der Waals surface area contributed by atoms with E-state index in [9.17, 15) is 9.59 Å². The second kappa shape index (κ2) is 5.12. The molecule has 1 aromatic rings. The first-order valence-electron chi connectivity index (χ1n) is 4.78. The van der Waals surface area contributed by atoms with Gasteiger partial charge in [-0.2, -0.15) is 0 Å². The Hall–Kier alpha value is -1.36. The van der Waals surface area contributed by atoms with Crippen LogP contribution in [0.4, 0.5) is 0 Å². The Morgan fingerprint density at radius 3 is 2.62 bits per heavy atom. The van der Waals surface area contributed by atoms with E-state index in [0.29, 0.717) is 5.56 Å². The van der Waals surface area contributed by atoms with Gasteiger partial charge in [0.05, 0.1) is 5.56 Å². The van der Waals surface area contributed by atoms with Crippen LogP contribution < -0.4 is 11.1 Å². The molecule has 0 saturated heterocycles. The van der Waals surface area contributed by atoms with Crippen LogP contribution in [-0.4, -0.2) is 17.9 Å². The van der Waals surface area contributed by atoms with E-state index in [1.165, 1.54) is 0 Å². The molecule has 4 nitrogen and oxygen atoms in total. The first-order valence-corrected chi connectivity index (χ1v) is 5.58. The molecule has 2 amide bonds. The number of primary amides is 1. The summed E-state index contributed by atoms with van der Waals surface area (Å²) in [7, 11) is 0. The van der Waals surface area contributed by atoms with Gasteiger partial charge in [-0.1, -0.05) is 12.1 Å². The number of benzene rings is 1. The lowest BCUT2D eigenvalue weighted by atomic mass is 10.1. The van der Waals surface area contributed by atoms with E-state index in [4.69, 9.17) is 5.73 Å². The molecule has 0 spiro atoms. The van der Waals surface area contributed by atoms with Crippen molar-refractivity contribution < 1.29 is 9.59 Å². The molecule has 0 aliphatic carbocycles. The summed E-state index contributed by atoms with van der Waals surface area (Å²) in [6.07, 6.45) is 0. The SMILES string of the molecule is Cc1cccc(C(=O)NC(C)C(N)=O)c1Br. The smallest absolute Gasteiger partial charge is 0.253 e. The molecule has 0 bridgehead atoms. The Bertz CT molecular complexity index is 432. The molecule has 86 valence electrons. The highest BCUT2D eigenvalue weighted by molar-refractivity contribution is 9.10. The molecular formula is C11H13BrN2O2. The van der Waals surface area contributed by atoms with Crippen LogP contribution in [0, 0.1) is 6.92 Å². The Labute approximate surface area is 102 Å². The first kappa shape index (κ1) is 12.7. The van der Waals surface area contributed by atoms with E-state index in [0.717, 1.165) is 10.0 Å². The lowest BCUT2D eigenvalue weighted by molar-refractivity contribution is -0.119. The number of hydrogen-bond donors (Lipinski definition) is 2. The second-order valence-corrected chi connectivity index (χ2v) is 4.33. The lowest BCUT2D eigenvalue weighted by Crippen LogP contribution is -2.42. The fraction of sp³-hybridized carbons (Fsp3) is 0.273. The zero-order chi connectivity index (χ0) is 12.3. The van der Waals surface area contributed by atoms with Crippen LogP contribution in [0.15, 0.2) is 22.7 Å². The number of carbonyl (C=O) groups excluding carboxylic acids is 2. The van der Waals surface area contributed by atoms with Crippen molar-refractivity contribution >= 4 is 27.7 Å². The summed E-state index contributed by atoms with van der Waals surface area (Å²) < 4.78 is 0.726. The van der Waals surface area contributed by atoms with Gasteiger partial charge >= 0.3 is 0 Å². The summed E-state index contributed by atoms with van der Waals surface area (Å²) >= 11 is 3.33. The molecule has 0 aliphatic rings. The van der Waals surface area contributed by atoms with E-state index < -0.39 is 11.9 Å². The van der Waals surface area contributed by atoms with Gasteiger partial charge in [-0.15, -0.1) is 0 Å². The zero-order valence-electron chi connectivity index (χ0n) is 9.08. The number of halogens is 1. The molecule has 0 heterocycles. The molecule has 1 unspecified atom stereocenters. The van der Waals surface area contributed by atoms with E-state index in [1.807, 2.05) is 13.0 Å². The molecule has 0 saturated carbocycles. The van der Waals surface area contributed by atoms with Crippen LogP contribution in [0.1, 0.15) is 22.8 Å². The number of nitrogens with one attached hydrogen (secondary N) is 1. The highest BCUT2D eigenvalue weighted by Gasteiger charge is 2.16. The van der Waals surface area contributed by atoms with Gasteiger partial charge in [-0.25, -0.2) is 0 Å². The molecule has 1 aromatic carbocycles. The number of aryl methyl sites for hydroxylation is 1. The molecule has 0 aliphatic heterocycles. The Balaban J connectivity index is 2.89. The van der Waals surface area contributed by atoms with Crippen LogP contribution in [-0.2, 0) is 4.79 Å². The molecular weight excluding hydrogens is 272 g/mol. The van der Waals surface area contributed by atoms with Crippen molar-refractivity contribution in [2.24, 2.45) is 5.73 Å². The van der Waals surface area contributed by atoms with E-state index in [1.54, 1.807) is 19.1 Å². The van der Waals surface area contributed by atoms with Gasteiger partial charge < -0.3 is 11.1 Å². The minimum absolute atomic E-state index is 0.318. The van der Waals surface area contributed by atoms with Gasteiger partial charge in [-0.3, -0.25) is 9.59 Å².